The highest BCUT2D eigenvalue weighted by molar-refractivity contribution is 5.88. The van der Waals surface area contributed by atoms with Crippen LogP contribution in [-0.2, 0) is 6.42 Å². The van der Waals surface area contributed by atoms with E-state index in [2.05, 4.69) is 0 Å². The fourth-order valence-corrected chi connectivity index (χ4v) is 2.19. The van der Waals surface area contributed by atoms with E-state index in [1.807, 2.05) is 6.92 Å². The fourth-order valence-electron chi connectivity index (χ4n) is 2.19. The topological polar surface area (TPSA) is 63.3 Å². The van der Waals surface area contributed by atoms with Gasteiger partial charge in [-0.1, -0.05) is 0 Å². The lowest BCUT2D eigenvalue weighted by atomic mass is 9.99. The molecule has 0 aliphatic heterocycles. The predicted octanol–water partition coefficient (Wildman–Crippen LogP) is 1.64. The van der Waals surface area contributed by atoms with Crippen molar-refractivity contribution in [3.63, 3.8) is 0 Å². The van der Waals surface area contributed by atoms with E-state index >= 15 is 0 Å². The molecule has 1 unspecified atom stereocenters. The van der Waals surface area contributed by atoms with Crippen LogP contribution in [0.2, 0.25) is 0 Å². The number of carbonyl (C=O) groups is 1. The zero-order valence-corrected chi connectivity index (χ0v) is 8.08. The summed E-state index contributed by atoms with van der Waals surface area (Å²) >= 11 is 0. The number of fused-ring (bicyclic) bond motifs is 1. The summed E-state index contributed by atoms with van der Waals surface area (Å²) in [5.41, 5.74) is 9.56. The van der Waals surface area contributed by atoms with Gasteiger partial charge in [-0.25, -0.2) is 4.79 Å². The number of aryl methyl sites for hydroxylation is 2. The molecule has 3 heteroatoms. The van der Waals surface area contributed by atoms with Gasteiger partial charge in [-0.3, -0.25) is 0 Å². The van der Waals surface area contributed by atoms with Gasteiger partial charge >= 0.3 is 5.97 Å². The van der Waals surface area contributed by atoms with E-state index in [1.54, 1.807) is 12.1 Å². The first-order valence-corrected chi connectivity index (χ1v) is 4.72. The fraction of sp³-hybridized carbons (Fsp3) is 0.364. The summed E-state index contributed by atoms with van der Waals surface area (Å²) in [6.07, 6.45) is 1.83. The Kier molecular flexibility index (Phi) is 2.04. The Labute approximate surface area is 82.5 Å². The normalized spacial score (nSPS) is 19.4. The monoisotopic (exact) mass is 191 g/mol. The molecule has 1 atom stereocenters. The van der Waals surface area contributed by atoms with Crippen LogP contribution >= 0.6 is 0 Å². The van der Waals surface area contributed by atoms with Crippen LogP contribution in [0.4, 0.5) is 0 Å². The first-order chi connectivity index (χ1) is 6.59. The number of nitrogens with two attached hydrogens (primary N) is 1. The van der Waals surface area contributed by atoms with Crippen molar-refractivity contribution in [3.8, 4) is 0 Å². The second kappa shape index (κ2) is 3.10. The molecule has 1 aliphatic rings. The van der Waals surface area contributed by atoms with E-state index < -0.39 is 5.97 Å². The van der Waals surface area contributed by atoms with Gasteiger partial charge in [0.05, 0.1) is 5.56 Å². The van der Waals surface area contributed by atoms with Gasteiger partial charge in [-0.2, -0.15) is 0 Å². The average Bonchev–Trinajstić information content (AvgIpc) is 2.48. The zero-order chi connectivity index (χ0) is 10.3. The van der Waals surface area contributed by atoms with Gasteiger partial charge in [0.2, 0.25) is 0 Å². The summed E-state index contributed by atoms with van der Waals surface area (Å²) in [5.74, 6) is -0.864. The average molecular weight is 191 g/mol. The summed E-state index contributed by atoms with van der Waals surface area (Å²) < 4.78 is 0. The van der Waals surface area contributed by atoms with E-state index in [4.69, 9.17) is 10.8 Å². The molecule has 1 aromatic rings. The van der Waals surface area contributed by atoms with E-state index in [-0.39, 0.29) is 6.04 Å². The lowest BCUT2D eigenvalue weighted by Gasteiger charge is -2.09. The smallest absolute Gasteiger partial charge is 0.335 e. The van der Waals surface area contributed by atoms with E-state index in [0.29, 0.717) is 5.56 Å². The minimum absolute atomic E-state index is 0.0906. The third kappa shape index (κ3) is 1.30. The molecule has 0 radical (unpaired) electrons. The highest BCUT2D eigenvalue weighted by Crippen LogP contribution is 2.32. The molecule has 0 amide bonds. The number of benzene rings is 1. The molecule has 14 heavy (non-hydrogen) atoms. The summed E-state index contributed by atoms with van der Waals surface area (Å²) in [7, 11) is 0. The summed E-state index contributed by atoms with van der Waals surface area (Å²) in [4.78, 5) is 10.8. The number of aromatic carboxylic acids is 1. The van der Waals surface area contributed by atoms with E-state index in [1.165, 1.54) is 0 Å². The molecule has 3 nitrogen and oxygen atoms in total. The Hall–Kier alpha value is -1.35. The Balaban J connectivity index is 2.57. The van der Waals surface area contributed by atoms with Gasteiger partial charge in [-0.15, -0.1) is 0 Å². The van der Waals surface area contributed by atoms with Crippen molar-refractivity contribution in [1.29, 1.82) is 0 Å². The quantitative estimate of drug-likeness (QED) is 0.709. The van der Waals surface area contributed by atoms with Crippen LogP contribution in [0, 0.1) is 6.92 Å². The van der Waals surface area contributed by atoms with Crippen molar-refractivity contribution in [2.75, 3.05) is 0 Å². The van der Waals surface area contributed by atoms with E-state index in [9.17, 15) is 4.79 Å². The molecule has 0 spiro atoms. The standard InChI is InChI=1S/C11H13NO2/c1-6-4-8(11(13)14)5-7-2-3-9(12)10(6)7/h4-5,9H,2-3,12H2,1H3,(H,13,14). The van der Waals surface area contributed by atoms with Gasteiger partial charge in [0, 0.05) is 6.04 Å². The number of hydrogen-bond acceptors (Lipinski definition) is 2. The van der Waals surface area contributed by atoms with Gasteiger partial charge < -0.3 is 10.8 Å². The first kappa shape index (κ1) is 9.21. The third-order valence-electron chi connectivity index (χ3n) is 2.81. The third-order valence-corrected chi connectivity index (χ3v) is 2.81. The number of rotatable bonds is 1. The predicted molar refractivity (Wildman–Crippen MR) is 53.4 cm³/mol. The Morgan fingerprint density at radius 3 is 2.93 bits per heavy atom. The number of carboxylic acid groups (broad SMARTS) is 1. The molecule has 0 fully saturated rings. The van der Waals surface area contributed by atoms with Crippen molar-refractivity contribution < 1.29 is 9.90 Å². The van der Waals surface area contributed by atoms with Crippen LogP contribution in [-0.4, -0.2) is 11.1 Å². The summed E-state index contributed by atoms with van der Waals surface area (Å²) in [6, 6.07) is 3.54. The Morgan fingerprint density at radius 1 is 1.57 bits per heavy atom. The summed E-state index contributed by atoms with van der Waals surface area (Å²) in [5, 5.41) is 8.88. The Morgan fingerprint density at radius 2 is 2.29 bits per heavy atom. The van der Waals surface area contributed by atoms with Crippen LogP contribution in [0.15, 0.2) is 12.1 Å². The number of carboxylic acids is 1. The van der Waals surface area contributed by atoms with Crippen LogP contribution in [0.25, 0.3) is 0 Å². The minimum Gasteiger partial charge on any atom is -0.478 e. The van der Waals surface area contributed by atoms with Crippen molar-refractivity contribution >= 4 is 5.97 Å². The first-order valence-electron chi connectivity index (χ1n) is 4.72. The second-order valence-electron chi connectivity index (χ2n) is 3.82. The maximum Gasteiger partial charge on any atom is 0.335 e. The summed E-state index contributed by atoms with van der Waals surface area (Å²) in [6.45, 7) is 1.93. The molecule has 0 heterocycles. The zero-order valence-electron chi connectivity index (χ0n) is 8.08. The maximum absolute atomic E-state index is 10.8. The van der Waals surface area contributed by atoms with Gasteiger partial charge in [0.15, 0.2) is 0 Å². The molecular formula is C11H13NO2. The molecule has 0 saturated carbocycles. The van der Waals surface area contributed by atoms with Crippen molar-refractivity contribution in [2.24, 2.45) is 5.73 Å². The van der Waals surface area contributed by atoms with Gasteiger partial charge in [0.1, 0.15) is 0 Å². The maximum atomic E-state index is 10.8. The highest BCUT2D eigenvalue weighted by Gasteiger charge is 2.22. The number of hydrogen-bond donors (Lipinski definition) is 2. The van der Waals surface area contributed by atoms with Gasteiger partial charge in [-0.05, 0) is 48.6 Å². The molecule has 3 N–H and O–H groups in total. The molecule has 2 rings (SSSR count). The van der Waals surface area contributed by atoms with Crippen LogP contribution in [0.3, 0.4) is 0 Å². The van der Waals surface area contributed by atoms with Crippen LogP contribution in [0.1, 0.15) is 39.5 Å². The second-order valence-corrected chi connectivity index (χ2v) is 3.82. The highest BCUT2D eigenvalue weighted by atomic mass is 16.4. The minimum atomic E-state index is -0.864. The largest absolute Gasteiger partial charge is 0.478 e. The molecule has 0 saturated heterocycles. The molecule has 1 aromatic carbocycles. The SMILES string of the molecule is Cc1cc(C(=O)O)cc2c1C(N)CC2. The molecule has 74 valence electrons. The Bertz CT molecular complexity index is 399. The van der Waals surface area contributed by atoms with Crippen molar-refractivity contribution in [3.05, 3.63) is 34.4 Å². The molecule has 0 bridgehead atoms. The van der Waals surface area contributed by atoms with Gasteiger partial charge in [0.25, 0.3) is 0 Å². The lowest BCUT2D eigenvalue weighted by molar-refractivity contribution is 0.0696. The lowest BCUT2D eigenvalue weighted by Crippen LogP contribution is -2.08. The molecule has 0 aromatic heterocycles. The molecular weight excluding hydrogens is 178 g/mol. The van der Waals surface area contributed by atoms with Crippen molar-refractivity contribution in [1.82, 2.24) is 0 Å². The van der Waals surface area contributed by atoms with E-state index in [0.717, 1.165) is 29.5 Å². The van der Waals surface area contributed by atoms with Crippen molar-refractivity contribution in [2.45, 2.75) is 25.8 Å². The molecule has 1 aliphatic carbocycles. The van der Waals surface area contributed by atoms with Crippen LogP contribution in [0.5, 0.6) is 0 Å². The van der Waals surface area contributed by atoms with Crippen LogP contribution < -0.4 is 5.73 Å².